The topological polar surface area (TPSA) is 12.0 Å². The second kappa shape index (κ2) is 5.38. The van der Waals surface area contributed by atoms with Crippen LogP contribution in [0.1, 0.15) is 40.2 Å². The minimum absolute atomic E-state index is 0.0437. The van der Waals surface area contributed by atoms with Crippen LogP contribution in [0, 0.1) is 5.82 Å². The van der Waals surface area contributed by atoms with Gasteiger partial charge in [-0.15, -0.1) is 0 Å². The van der Waals surface area contributed by atoms with Crippen LogP contribution in [0.4, 0.5) is 10.1 Å². The van der Waals surface area contributed by atoms with Gasteiger partial charge in [0.05, 0.1) is 0 Å². The zero-order valence-corrected chi connectivity index (χ0v) is 18.7. The van der Waals surface area contributed by atoms with Gasteiger partial charge in [0.25, 0.3) is 0 Å². The van der Waals surface area contributed by atoms with Crippen molar-refractivity contribution in [3.05, 3.63) is 23.5 Å². The van der Waals surface area contributed by atoms with E-state index in [4.69, 9.17) is 0 Å². The molecular formula is C14H18BFI3N. The first-order valence-electron chi connectivity index (χ1n) is 6.53. The number of alkyl halides is 3. The highest BCUT2D eigenvalue weighted by molar-refractivity contribution is 14.3. The lowest BCUT2D eigenvalue weighted by atomic mass is 9.37. The molecule has 20 heavy (non-hydrogen) atoms. The fourth-order valence-electron chi connectivity index (χ4n) is 2.91. The number of halogens is 4. The molecule has 6 heteroatoms. The van der Waals surface area contributed by atoms with Gasteiger partial charge >= 0.3 is 0 Å². The van der Waals surface area contributed by atoms with E-state index < -0.39 is 0 Å². The minimum atomic E-state index is -0.180. The van der Waals surface area contributed by atoms with Crippen LogP contribution in [0.15, 0.2) is 12.1 Å². The summed E-state index contributed by atoms with van der Waals surface area (Å²) in [7, 11) is 0. The summed E-state index contributed by atoms with van der Waals surface area (Å²) in [6.45, 7) is 10.9. The Morgan fingerprint density at radius 1 is 1.15 bits per heavy atom. The van der Waals surface area contributed by atoms with Crippen LogP contribution in [-0.2, 0) is 5.41 Å². The van der Waals surface area contributed by atoms with Crippen molar-refractivity contribution in [2.24, 2.45) is 0 Å². The van der Waals surface area contributed by atoms with Crippen LogP contribution in [0.2, 0.25) is 0 Å². The molecule has 1 aromatic rings. The molecule has 0 atom stereocenters. The standard InChI is InChI=1S/C14H18BFI3N/c1-12(2,3)8-6-9-11(7-10(8)16)20-13(4,5)15(9)14(17,18)19/h6-7,20H,1-5H3. The molecule has 1 heterocycles. The summed E-state index contributed by atoms with van der Waals surface area (Å²) in [6, 6.07) is 3.75. The van der Waals surface area contributed by atoms with Crippen LogP contribution in [0.5, 0.6) is 0 Å². The third-order valence-electron chi connectivity index (χ3n) is 3.76. The average molecular weight is 611 g/mol. The monoisotopic (exact) mass is 611 g/mol. The Labute approximate surface area is 162 Å². The zero-order valence-electron chi connectivity index (χ0n) is 12.2. The second-order valence-electron chi connectivity index (χ2n) is 6.99. The molecule has 0 spiro atoms. The van der Waals surface area contributed by atoms with Crippen molar-refractivity contribution in [3.8, 4) is 0 Å². The van der Waals surface area contributed by atoms with Crippen LogP contribution >= 0.6 is 67.8 Å². The Morgan fingerprint density at radius 3 is 2.15 bits per heavy atom. The maximum Gasteiger partial charge on any atom is 0.248 e. The molecule has 0 fully saturated rings. The molecule has 1 N–H and O–H groups in total. The van der Waals surface area contributed by atoms with E-state index in [1.807, 2.05) is 0 Å². The zero-order chi connectivity index (χ0) is 15.5. The highest BCUT2D eigenvalue weighted by atomic mass is 127. The van der Waals surface area contributed by atoms with Crippen molar-refractivity contribution < 1.29 is 4.39 Å². The summed E-state index contributed by atoms with van der Waals surface area (Å²) in [5.41, 5.74) is 2.73. The smallest absolute Gasteiger partial charge is 0.248 e. The molecule has 1 aromatic carbocycles. The summed E-state index contributed by atoms with van der Waals surface area (Å²) in [5.74, 6) is -0.110. The van der Waals surface area contributed by atoms with E-state index in [0.29, 0.717) is 6.71 Å². The average Bonchev–Trinajstić information content (AvgIpc) is 2.42. The predicted octanol–water partition coefficient (Wildman–Crippen LogP) is 5.07. The van der Waals surface area contributed by atoms with Crippen molar-refractivity contribution in [1.29, 1.82) is 0 Å². The Balaban J connectivity index is 2.65. The number of anilines is 1. The number of fused-ring (bicyclic) bond motifs is 1. The maximum absolute atomic E-state index is 14.4. The lowest BCUT2D eigenvalue weighted by Gasteiger charge is -2.31. The highest BCUT2D eigenvalue weighted by Gasteiger charge is 2.52. The van der Waals surface area contributed by atoms with Crippen LogP contribution in [-0.4, -0.2) is 11.5 Å². The Bertz CT molecular complexity index is 547. The minimum Gasteiger partial charge on any atom is -0.387 e. The second-order valence-corrected chi connectivity index (χ2v) is 18.3. The number of hydrogen-bond acceptors (Lipinski definition) is 1. The van der Waals surface area contributed by atoms with Gasteiger partial charge in [-0.05, 0) is 30.9 Å². The van der Waals surface area contributed by atoms with E-state index >= 15 is 0 Å². The van der Waals surface area contributed by atoms with Gasteiger partial charge in [0.1, 0.15) is 5.15 Å². The third-order valence-corrected chi connectivity index (χ3v) is 5.63. The summed E-state index contributed by atoms with van der Waals surface area (Å²) >= 11 is 7.44. The quantitative estimate of drug-likeness (QED) is 0.266. The van der Waals surface area contributed by atoms with E-state index in [9.17, 15) is 4.39 Å². The normalized spacial score (nSPS) is 17.9. The van der Waals surface area contributed by atoms with Gasteiger partial charge in [0.2, 0.25) is 6.71 Å². The Hall–Kier alpha value is 1.20. The molecular weight excluding hydrogens is 593 g/mol. The number of hydrogen-bond donors (Lipinski definition) is 1. The first-order chi connectivity index (χ1) is 8.84. The van der Waals surface area contributed by atoms with Crippen LogP contribution < -0.4 is 10.8 Å². The maximum atomic E-state index is 14.4. The lowest BCUT2D eigenvalue weighted by Crippen LogP contribution is -2.55. The molecule has 0 saturated carbocycles. The molecule has 1 aliphatic rings. The van der Waals surface area contributed by atoms with Gasteiger partial charge in [-0.25, -0.2) is 4.39 Å². The molecule has 0 aliphatic carbocycles. The van der Waals surface area contributed by atoms with E-state index in [0.717, 1.165) is 11.3 Å². The third kappa shape index (κ3) is 3.26. The van der Waals surface area contributed by atoms with E-state index in [1.54, 1.807) is 6.07 Å². The number of rotatable bonds is 1. The van der Waals surface area contributed by atoms with Gasteiger partial charge in [-0.1, -0.05) is 100 Å². The van der Waals surface area contributed by atoms with Crippen molar-refractivity contribution in [3.63, 3.8) is 0 Å². The molecule has 0 bridgehead atoms. The molecule has 110 valence electrons. The van der Waals surface area contributed by atoms with Gasteiger partial charge in [0, 0.05) is 11.1 Å². The largest absolute Gasteiger partial charge is 0.387 e. The Kier molecular flexibility index (Phi) is 4.73. The van der Waals surface area contributed by atoms with E-state index in [1.165, 1.54) is 5.46 Å². The van der Waals surface area contributed by atoms with Gasteiger partial charge < -0.3 is 5.32 Å². The van der Waals surface area contributed by atoms with Crippen molar-refractivity contribution in [2.75, 3.05) is 5.32 Å². The van der Waals surface area contributed by atoms with Crippen molar-refractivity contribution in [1.82, 2.24) is 0 Å². The molecule has 0 saturated heterocycles. The lowest BCUT2D eigenvalue weighted by molar-refractivity contribution is 0.524. The van der Waals surface area contributed by atoms with Gasteiger partial charge in [-0.3, -0.25) is 0 Å². The first-order valence-corrected chi connectivity index (χ1v) is 9.76. The van der Waals surface area contributed by atoms with E-state index in [-0.39, 0.29) is 16.0 Å². The molecule has 1 nitrogen and oxygen atoms in total. The summed E-state index contributed by atoms with van der Waals surface area (Å²) in [5, 5.41) is 3.50. The molecule has 0 unspecified atom stereocenters. The molecule has 2 rings (SSSR count). The molecule has 0 radical (unpaired) electrons. The predicted molar refractivity (Wildman–Crippen MR) is 113 cm³/mol. The number of benzene rings is 1. The van der Waals surface area contributed by atoms with Crippen LogP contribution in [0.25, 0.3) is 0 Å². The van der Waals surface area contributed by atoms with Gasteiger partial charge in [-0.2, -0.15) is 0 Å². The highest BCUT2D eigenvalue weighted by Crippen LogP contribution is 2.45. The van der Waals surface area contributed by atoms with E-state index in [2.05, 4.69) is 114 Å². The molecule has 0 amide bonds. The van der Waals surface area contributed by atoms with Crippen molar-refractivity contribution in [2.45, 2.75) is 44.8 Å². The van der Waals surface area contributed by atoms with Crippen molar-refractivity contribution >= 4 is 85.6 Å². The fraction of sp³-hybridized carbons (Fsp3) is 0.571. The van der Waals surface area contributed by atoms with Crippen LogP contribution in [0.3, 0.4) is 0 Å². The SMILES string of the molecule is CC1(C)Nc2cc(F)c(C(C)(C)C)cc2B1C(I)(I)I. The fourth-order valence-corrected chi connectivity index (χ4v) is 6.25. The molecule has 0 aromatic heterocycles. The first kappa shape index (κ1) is 17.6. The summed E-state index contributed by atoms with van der Waals surface area (Å²) in [4.78, 5) is 0. The Morgan fingerprint density at radius 2 is 1.70 bits per heavy atom. The summed E-state index contributed by atoms with van der Waals surface area (Å²) < 4.78 is 14.4. The van der Waals surface area contributed by atoms with Gasteiger partial charge in [0.15, 0.2) is 0 Å². The number of nitrogens with one attached hydrogen (secondary N) is 1. The molecule has 1 aliphatic heterocycles. The summed E-state index contributed by atoms with van der Waals surface area (Å²) in [6.07, 6.45) is 0.